The molecular weight excluding hydrogens is 252 g/mol. The van der Waals surface area contributed by atoms with E-state index in [4.69, 9.17) is 9.72 Å². The van der Waals surface area contributed by atoms with Crippen LogP contribution in [-0.4, -0.2) is 17.1 Å². The van der Waals surface area contributed by atoms with Gasteiger partial charge in [0, 0.05) is 12.7 Å². The van der Waals surface area contributed by atoms with Crippen LogP contribution in [0.1, 0.15) is 68.4 Å². The molecule has 1 fully saturated rings. The summed E-state index contributed by atoms with van der Waals surface area (Å²) in [6.45, 7) is 0. The number of aromatic nitrogens is 2. The smallest absolute Gasteiger partial charge is 0.254 e. The van der Waals surface area contributed by atoms with E-state index in [0.717, 1.165) is 68.4 Å². The van der Waals surface area contributed by atoms with E-state index in [9.17, 15) is 4.79 Å². The number of aryl methyl sites for hydroxylation is 1. The van der Waals surface area contributed by atoms with Gasteiger partial charge in [0.05, 0.1) is 5.69 Å². The van der Waals surface area contributed by atoms with Crippen molar-refractivity contribution in [3.63, 3.8) is 0 Å². The Balaban J connectivity index is 2.03. The van der Waals surface area contributed by atoms with E-state index < -0.39 is 0 Å². The van der Waals surface area contributed by atoms with Crippen LogP contribution in [0, 0.1) is 0 Å². The first-order valence-corrected chi connectivity index (χ1v) is 7.93. The molecule has 2 aliphatic rings. The molecule has 1 saturated carbocycles. The topological polar surface area (TPSA) is 55.0 Å². The largest absolute Gasteiger partial charge is 0.370 e. The quantitative estimate of drug-likeness (QED) is 0.845. The molecule has 4 nitrogen and oxygen atoms in total. The molecule has 0 bridgehead atoms. The minimum Gasteiger partial charge on any atom is -0.370 e. The molecule has 1 aromatic heterocycles. The summed E-state index contributed by atoms with van der Waals surface area (Å²) < 4.78 is 5.81. The lowest BCUT2D eigenvalue weighted by atomic mass is 9.83. The molecule has 0 unspecified atom stereocenters. The van der Waals surface area contributed by atoms with E-state index in [2.05, 4.69) is 4.98 Å². The highest BCUT2D eigenvalue weighted by atomic mass is 16.5. The molecule has 0 aliphatic heterocycles. The van der Waals surface area contributed by atoms with Gasteiger partial charge < -0.3 is 9.72 Å². The van der Waals surface area contributed by atoms with Crippen molar-refractivity contribution in [2.24, 2.45) is 0 Å². The van der Waals surface area contributed by atoms with E-state index in [1.54, 1.807) is 7.11 Å². The van der Waals surface area contributed by atoms with Gasteiger partial charge >= 0.3 is 0 Å². The van der Waals surface area contributed by atoms with Gasteiger partial charge in [-0.15, -0.1) is 0 Å². The van der Waals surface area contributed by atoms with E-state index in [1.807, 2.05) is 0 Å². The second kappa shape index (κ2) is 5.68. The minimum absolute atomic E-state index is 0.0638. The van der Waals surface area contributed by atoms with E-state index >= 15 is 0 Å². The summed E-state index contributed by atoms with van der Waals surface area (Å²) in [6.07, 6.45) is 10.7. The van der Waals surface area contributed by atoms with Crippen LogP contribution >= 0.6 is 0 Å². The first kappa shape index (κ1) is 13.8. The van der Waals surface area contributed by atoms with Crippen LogP contribution in [0.25, 0.3) is 0 Å². The van der Waals surface area contributed by atoms with Gasteiger partial charge in [-0.1, -0.05) is 25.7 Å². The number of hydrogen-bond acceptors (Lipinski definition) is 3. The molecule has 0 saturated heterocycles. The van der Waals surface area contributed by atoms with Gasteiger partial charge in [0.15, 0.2) is 0 Å². The molecular formula is C16H24N2O2. The molecule has 20 heavy (non-hydrogen) atoms. The molecule has 0 atom stereocenters. The van der Waals surface area contributed by atoms with Crippen molar-refractivity contribution in [1.29, 1.82) is 0 Å². The standard InChI is InChI=1S/C16H24N2O2/c1-20-16(10-6-3-7-11-16)15-17-13-9-5-2-4-8-12(13)14(19)18-15/h2-11H2,1H3,(H,17,18,19). The average Bonchev–Trinajstić information content (AvgIpc) is 2.73. The Kier molecular flexibility index (Phi) is 3.92. The van der Waals surface area contributed by atoms with E-state index in [-0.39, 0.29) is 11.2 Å². The molecule has 1 aromatic rings. The van der Waals surface area contributed by atoms with Crippen LogP contribution in [0.5, 0.6) is 0 Å². The SMILES string of the molecule is COC1(c2nc3c(c(=O)[nH]2)CCCCC3)CCCCC1. The molecule has 110 valence electrons. The maximum atomic E-state index is 12.4. The second-order valence-electron chi connectivity index (χ2n) is 6.16. The molecule has 0 radical (unpaired) electrons. The van der Waals surface area contributed by atoms with Crippen LogP contribution in [0.15, 0.2) is 4.79 Å². The predicted octanol–water partition coefficient (Wildman–Crippen LogP) is 2.84. The van der Waals surface area contributed by atoms with Gasteiger partial charge in [0.2, 0.25) is 0 Å². The third-order valence-electron chi connectivity index (χ3n) is 4.93. The highest BCUT2D eigenvalue weighted by molar-refractivity contribution is 5.21. The molecule has 2 aliphatic carbocycles. The molecule has 1 heterocycles. The fourth-order valence-electron chi connectivity index (χ4n) is 3.66. The summed E-state index contributed by atoms with van der Waals surface area (Å²) >= 11 is 0. The van der Waals surface area contributed by atoms with Gasteiger partial charge in [-0.05, 0) is 38.5 Å². The summed E-state index contributed by atoms with van der Waals surface area (Å²) in [7, 11) is 1.75. The summed E-state index contributed by atoms with van der Waals surface area (Å²) in [5, 5.41) is 0. The summed E-state index contributed by atoms with van der Waals surface area (Å²) in [5.74, 6) is 0.769. The van der Waals surface area contributed by atoms with E-state index in [0.29, 0.717) is 0 Å². The van der Waals surface area contributed by atoms with Crippen LogP contribution in [-0.2, 0) is 23.2 Å². The van der Waals surface area contributed by atoms with Gasteiger partial charge in [-0.25, -0.2) is 4.98 Å². The maximum absolute atomic E-state index is 12.4. The van der Waals surface area contributed by atoms with Crippen molar-refractivity contribution >= 4 is 0 Å². The van der Waals surface area contributed by atoms with Gasteiger partial charge in [0.25, 0.3) is 5.56 Å². The lowest BCUT2D eigenvalue weighted by molar-refractivity contribution is -0.0518. The summed E-state index contributed by atoms with van der Waals surface area (Å²) in [5.41, 5.74) is 1.63. The molecule has 0 amide bonds. The fraction of sp³-hybridized carbons (Fsp3) is 0.750. The molecule has 0 spiro atoms. The lowest BCUT2D eigenvalue weighted by Gasteiger charge is -2.35. The Bertz CT molecular complexity index is 530. The Morgan fingerprint density at radius 3 is 2.50 bits per heavy atom. The number of rotatable bonds is 2. The van der Waals surface area contributed by atoms with Crippen molar-refractivity contribution in [1.82, 2.24) is 9.97 Å². The van der Waals surface area contributed by atoms with Crippen molar-refractivity contribution < 1.29 is 4.74 Å². The highest BCUT2D eigenvalue weighted by Gasteiger charge is 2.37. The zero-order valence-electron chi connectivity index (χ0n) is 12.3. The second-order valence-corrected chi connectivity index (χ2v) is 6.16. The first-order valence-electron chi connectivity index (χ1n) is 7.93. The minimum atomic E-state index is -0.362. The predicted molar refractivity (Wildman–Crippen MR) is 77.9 cm³/mol. The number of fused-ring (bicyclic) bond motifs is 1. The Hall–Kier alpha value is -1.16. The van der Waals surface area contributed by atoms with Crippen LogP contribution in [0.4, 0.5) is 0 Å². The zero-order chi connectivity index (χ0) is 14.0. The number of nitrogens with zero attached hydrogens (tertiary/aromatic N) is 1. The number of aromatic amines is 1. The van der Waals surface area contributed by atoms with Crippen LogP contribution in [0.3, 0.4) is 0 Å². The zero-order valence-corrected chi connectivity index (χ0v) is 12.3. The normalized spacial score (nSPS) is 22.1. The molecule has 0 aromatic carbocycles. The van der Waals surface area contributed by atoms with E-state index in [1.165, 1.54) is 12.8 Å². The number of hydrogen-bond donors (Lipinski definition) is 1. The Morgan fingerprint density at radius 2 is 1.75 bits per heavy atom. The number of ether oxygens (including phenoxy) is 1. The Morgan fingerprint density at radius 1 is 1.05 bits per heavy atom. The number of methoxy groups -OCH3 is 1. The number of nitrogens with one attached hydrogen (secondary N) is 1. The molecule has 1 N–H and O–H groups in total. The summed E-state index contributed by atoms with van der Waals surface area (Å²) in [6, 6.07) is 0. The lowest BCUT2D eigenvalue weighted by Crippen LogP contribution is -2.36. The van der Waals surface area contributed by atoms with Gasteiger partial charge in [-0.2, -0.15) is 0 Å². The van der Waals surface area contributed by atoms with Crippen molar-refractivity contribution in [3.8, 4) is 0 Å². The Labute approximate surface area is 120 Å². The monoisotopic (exact) mass is 276 g/mol. The summed E-state index contributed by atoms with van der Waals surface area (Å²) in [4.78, 5) is 20.2. The van der Waals surface area contributed by atoms with Crippen LogP contribution < -0.4 is 5.56 Å². The van der Waals surface area contributed by atoms with Crippen LogP contribution in [0.2, 0.25) is 0 Å². The number of H-pyrrole nitrogens is 1. The van der Waals surface area contributed by atoms with Crippen molar-refractivity contribution in [2.45, 2.75) is 69.8 Å². The van der Waals surface area contributed by atoms with Crippen molar-refractivity contribution in [3.05, 3.63) is 27.4 Å². The third kappa shape index (κ3) is 2.41. The highest BCUT2D eigenvalue weighted by Crippen LogP contribution is 2.38. The van der Waals surface area contributed by atoms with Gasteiger partial charge in [0.1, 0.15) is 11.4 Å². The molecule has 4 heteroatoms. The third-order valence-corrected chi connectivity index (χ3v) is 4.93. The van der Waals surface area contributed by atoms with Gasteiger partial charge in [-0.3, -0.25) is 4.79 Å². The molecule has 3 rings (SSSR count). The average molecular weight is 276 g/mol. The fourth-order valence-corrected chi connectivity index (χ4v) is 3.66. The maximum Gasteiger partial charge on any atom is 0.254 e. The van der Waals surface area contributed by atoms with Crippen molar-refractivity contribution in [2.75, 3.05) is 7.11 Å². The first-order chi connectivity index (χ1) is 9.75.